The topological polar surface area (TPSA) is 55.6 Å². The van der Waals surface area contributed by atoms with Crippen LogP contribution in [0.1, 0.15) is 18.4 Å². The number of para-hydroxylation sites is 2. The van der Waals surface area contributed by atoms with Gasteiger partial charge in [0.25, 0.3) is 0 Å². The first kappa shape index (κ1) is 12.6. The van der Waals surface area contributed by atoms with Crippen molar-refractivity contribution in [2.75, 3.05) is 12.4 Å². The van der Waals surface area contributed by atoms with Crippen molar-refractivity contribution in [3.8, 4) is 0 Å². The van der Waals surface area contributed by atoms with Gasteiger partial charge in [-0.2, -0.15) is 0 Å². The molecule has 0 unspecified atom stereocenters. The summed E-state index contributed by atoms with van der Waals surface area (Å²) >= 11 is 0. The monoisotopic (exact) mass is 267 g/mol. The number of rotatable bonds is 4. The molecular weight excluding hydrogens is 250 g/mol. The molecule has 0 aliphatic carbocycles. The van der Waals surface area contributed by atoms with E-state index in [0.29, 0.717) is 6.42 Å². The molecule has 0 spiro atoms. The number of anilines is 1. The fraction of sp³-hybridized carbons (Fsp3) is 0.267. The van der Waals surface area contributed by atoms with Crippen LogP contribution >= 0.6 is 0 Å². The van der Waals surface area contributed by atoms with Crippen LogP contribution in [0.25, 0.3) is 11.0 Å². The Morgan fingerprint density at radius 2 is 2.00 bits per heavy atom. The molecule has 0 atom stereocenters. The van der Waals surface area contributed by atoms with E-state index in [4.69, 9.17) is 4.98 Å². The summed E-state index contributed by atoms with van der Waals surface area (Å²) in [6, 6.07) is 8.20. The third-order valence-corrected chi connectivity index (χ3v) is 3.33. The summed E-state index contributed by atoms with van der Waals surface area (Å²) in [4.78, 5) is 13.4. The maximum atomic E-state index is 4.71. The summed E-state index contributed by atoms with van der Waals surface area (Å²) in [5.41, 5.74) is 3.12. The van der Waals surface area contributed by atoms with Crippen LogP contribution < -0.4 is 5.32 Å². The molecule has 0 aliphatic heterocycles. The Bertz CT molecular complexity index is 732. The second-order valence-electron chi connectivity index (χ2n) is 4.58. The minimum atomic E-state index is 0.686. The Morgan fingerprint density at radius 3 is 2.80 bits per heavy atom. The Kier molecular flexibility index (Phi) is 3.33. The SMILES string of the molecule is CCn1c(Cc2cncc(NC)n2)nc2ccccc21. The number of benzene rings is 1. The van der Waals surface area contributed by atoms with Crippen LogP contribution in [-0.2, 0) is 13.0 Å². The summed E-state index contributed by atoms with van der Waals surface area (Å²) in [7, 11) is 1.84. The molecule has 0 saturated heterocycles. The number of nitrogens with zero attached hydrogens (tertiary/aromatic N) is 4. The molecule has 2 heterocycles. The van der Waals surface area contributed by atoms with E-state index >= 15 is 0 Å². The first-order valence-electron chi connectivity index (χ1n) is 6.74. The normalized spacial score (nSPS) is 10.9. The lowest BCUT2D eigenvalue weighted by atomic mass is 10.3. The van der Waals surface area contributed by atoms with Gasteiger partial charge in [-0.05, 0) is 19.1 Å². The van der Waals surface area contributed by atoms with Gasteiger partial charge < -0.3 is 9.88 Å². The van der Waals surface area contributed by atoms with Crippen molar-refractivity contribution in [2.24, 2.45) is 0 Å². The van der Waals surface area contributed by atoms with E-state index < -0.39 is 0 Å². The lowest BCUT2D eigenvalue weighted by Gasteiger charge is -2.06. The molecule has 0 radical (unpaired) electrons. The Balaban J connectivity index is 2.01. The molecule has 3 aromatic rings. The Hall–Kier alpha value is -2.43. The van der Waals surface area contributed by atoms with Crippen LogP contribution in [0.3, 0.4) is 0 Å². The zero-order chi connectivity index (χ0) is 13.9. The number of hydrogen-bond acceptors (Lipinski definition) is 4. The molecule has 0 aliphatic rings. The molecule has 5 heteroatoms. The van der Waals surface area contributed by atoms with Crippen molar-refractivity contribution in [3.05, 3.63) is 48.2 Å². The molecule has 2 aromatic heterocycles. The number of imidazole rings is 1. The first-order chi connectivity index (χ1) is 9.81. The van der Waals surface area contributed by atoms with E-state index in [0.717, 1.165) is 29.4 Å². The largest absolute Gasteiger partial charge is 0.372 e. The van der Waals surface area contributed by atoms with Crippen molar-refractivity contribution < 1.29 is 0 Å². The predicted octanol–water partition coefficient (Wildman–Crippen LogP) is 2.48. The van der Waals surface area contributed by atoms with Gasteiger partial charge in [0.2, 0.25) is 0 Å². The van der Waals surface area contributed by atoms with Gasteiger partial charge in [-0.25, -0.2) is 9.97 Å². The summed E-state index contributed by atoms with van der Waals surface area (Å²) in [6.45, 7) is 3.03. The van der Waals surface area contributed by atoms with E-state index in [1.165, 1.54) is 5.52 Å². The van der Waals surface area contributed by atoms with Crippen molar-refractivity contribution in [2.45, 2.75) is 19.9 Å². The van der Waals surface area contributed by atoms with Crippen LogP contribution in [-0.4, -0.2) is 26.6 Å². The third kappa shape index (κ3) is 2.22. The minimum absolute atomic E-state index is 0.686. The first-order valence-corrected chi connectivity index (χ1v) is 6.74. The van der Waals surface area contributed by atoms with Gasteiger partial charge in [0, 0.05) is 26.2 Å². The lowest BCUT2D eigenvalue weighted by Crippen LogP contribution is -2.05. The summed E-state index contributed by atoms with van der Waals surface area (Å²) < 4.78 is 2.23. The smallest absolute Gasteiger partial charge is 0.144 e. The molecule has 0 fully saturated rings. The predicted molar refractivity (Wildman–Crippen MR) is 79.8 cm³/mol. The molecule has 20 heavy (non-hydrogen) atoms. The van der Waals surface area contributed by atoms with Gasteiger partial charge in [-0.15, -0.1) is 0 Å². The molecule has 0 amide bonds. The lowest BCUT2D eigenvalue weighted by molar-refractivity contribution is 0.728. The van der Waals surface area contributed by atoms with Crippen LogP contribution in [0.15, 0.2) is 36.7 Å². The molecule has 1 N–H and O–H groups in total. The molecule has 3 rings (SSSR count). The highest BCUT2D eigenvalue weighted by molar-refractivity contribution is 5.75. The Morgan fingerprint density at radius 1 is 1.15 bits per heavy atom. The maximum absolute atomic E-state index is 4.71. The van der Waals surface area contributed by atoms with Crippen molar-refractivity contribution >= 4 is 16.9 Å². The molecule has 0 bridgehead atoms. The van der Waals surface area contributed by atoms with Crippen molar-refractivity contribution in [1.29, 1.82) is 0 Å². The molecule has 0 saturated carbocycles. The van der Waals surface area contributed by atoms with Crippen LogP contribution in [0, 0.1) is 0 Å². The number of nitrogens with one attached hydrogen (secondary N) is 1. The van der Waals surface area contributed by atoms with E-state index in [9.17, 15) is 0 Å². The minimum Gasteiger partial charge on any atom is -0.372 e. The van der Waals surface area contributed by atoms with E-state index in [2.05, 4.69) is 32.8 Å². The molecule has 5 nitrogen and oxygen atoms in total. The highest BCUT2D eigenvalue weighted by atomic mass is 15.1. The quantitative estimate of drug-likeness (QED) is 0.789. The standard InChI is InChI=1S/C15H17N5/c1-3-20-13-7-5-4-6-12(13)19-15(20)8-11-9-17-10-14(16-2)18-11/h4-7,9-10H,3,8H2,1-2H3,(H,16,18). The number of hydrogen-bond donors (Lipinski definition) is 1. The molecule has 102 valence electrons. The second-order valence-corrected chi connectivity index (χ2v) is 4.58. The summed E-state index contributed by atoms with van der Waals surface area (Å²) in [5, 5.41) is 3.01. The van der Waals surface area contributed by atoms with Gasteiger partial charge in [-0.1, -0.05) is 12.1 Å². The average Bonchev–Trinajstić information content (AvgIpc) is 2.84. The fourth-order valence-corrected chi connectivity index (χ4v) is 2.39. The van der Waals surface area contributed by atoms with Crippen molar-refractivity contribution in [1.82, 2.24) is 19.5 Å². The zero-order valence-corrected chi connectivity index (χ0v) is 11.7. The zero-order valence-electron chi connectivity index (χ0n) is 11.7. The van der Waals surface area contributed by atoms with Gasteiger partial charge >= 0.3 is 0 Å². The van der Waals surface area contributed by atoms with Crippen LogP contribution in [0.2, 0.25) is 0 Å². The number of aromatic nitrogens is 4. The van der Waals surface area contributed by atoms with E-state index in [1.807, 2.05) is 25.2 Å². The number of aryl methyl sites for hydroxylation is 1. The van der Waals surface area contributed by atoms with Gasteiger partial charge in [0.15, 0.2) is 0 Å². The highest BCUT2D eigenvalue weighted by Gasteiger charge is 2.10. The second kappa shape index (κ2) is 5.28. The van der Waals surface area contributed by atoms with Gasteiger partial charge in [-0.3, -0.25) is 4.98 Å². The maximum Gasteiger partial charge on any atom is 0.144 e. The van der Waals surface area contributed by atoms with E-state index in [1.54, 1.807) is 12.4 Å². The van der Waals surface area contributed by atoms with Crippen molar-refractivity contribution in [3.63, 3.8) is 0 Å². The van der Waals surface area contributed by atoms with Crippen LogP contribution in [0.5, 0.6) is 0 Å². The third-order valence-electron chi connectivity index (χ3n) is 3.33. The Labute approximate surface area is 117 Å². The molecular formula is C15H17N5. The van der Waals surface area contributed by atoms with Crippen LogP contribution in [0.4, 0.5) is 5.82 Å². The van der Waals surface area contributed by atoms with E-state index in [-0.39, 0.29) is 0 Å². The van der Waals surface area contributed by atoms with Gasteiger partial charge in [0.1, 0.15) is 11.6 Å². The molecule has 1 aromatic carbocycles. The van der Waals surface area contributed by atoms with Gasteiger partial charge in [0.05, 0.1) is 22.9 Å². The fourth-order valence-electron chi connectivity index (χ4n) is 2.39. The summed E-state index contributed by atoms with van der Waals surface area (Å²) in [5.74, 6) is 1.80. The highest BCUT2D eigenvalue weighted by Crippen LogP contribution is 2.18. The summed E-state index contributed by atoms with van der Waals surface area (Å²) in [6.07, 6.45) is 4.19. The average molecular weight is 267 g/mol. The number of fused-ring (bicyclic) bond motifs is 1.